The summed E-state index contributed by atoms with van der Waals surface area (Å²) in [5, 5.41) is 4.12. The summed E-state index contributed by atoms with van der Waals surface area (Å²) in [5.74, 6) is 1.86. The van der Waals surface area contributed by atoms with Crippen LogP contribution in [0.3, 0.4) is 0 Å². The lowest BCUT2D eigenvalue weighted by molar-refractivity contribution is 0.153. The molecular weight excluding hydrogens is 292 g/mol. The molecule has 1 saturated heterocycles. The highest BCUT2D eigenvalue weighted by Gasteiger charge is 2.33. The normalized spacial score (nSPS) is 19.2. The highest BCUT2D eigenvalue weighted by Crippen LogP contribution is 2.34. The topological polar surface area (TPSA) is 64.3 Å². The van der Waals surface area contributed by atoms with Gasteiger partial charge in [0.25, 0.3) is 0 Å². The van der Waals surface area contributed by atoms with Gasteiger partial charge in [0.05, 0.1) is 13.2 Å². The molecule has 1 aliphatic rings. The third-order valence-electron chi connectivity index (χ3n) is 3.97. The van der Waals surface area contributed by atoms with E-state index in [1.54, 1.807) is 19.4 Å². The first-order valence-electron chi connectivity index (χ1n) is 8.04. The summed E-state index contributed by atoms with van der Waals surface area (Å²) < 4.78 is 10.6. The van der Waals surface area contributed by atoms with E-state index in [0.717, 1.165) is 25.1 Å². The van der Waals surface area contributed by atoms with Crippen molar-refractivity contribution in [3.63, 3.8) is 0 Å². The van der Waals surface area contributed by atoms with Crippen LogP contribution in [-0.2, 0) is 0 Å². The van der Waals surface area contributed by atoms with E-state index in [1.807, 2.05) is 6.07 Å². The standard InChI is InChI=1S/C17H24N4O2/c1-17(2,3)11-21-9-5-6-13(21)16-19-15(20-23-16)12-7-8-14(22-4)18-10-12/h7-8,10,13H,5-6,9,11H2,1-4H3. The van der Waals surface area contributed by atoms with Gasteiger partial charge in [-0.3, -0.25) is 4.90 Å². The van der Waals surface area contributed by atoms with Crippen LogP contribution >= 0.6 is 0 Å². The quantitative estimate of drug-likeness (QED) is 0.862. The first-order valence-corrected chi connectivity index (χ1v) is 8.04. The molecule has 0 aromatic carbocycles. The second-order valence-electron chi connectivity index (χ2n) is 7.23. The van der Waals surface area contributed by atoms with Gasteiger partial charge in [0.15, 0.2) is 0 Å². The van der Waals surface area contributed by atoms with E-state index in [2.05, 4.69) is 40.8 Å². The van der Waals surface area contributed by atoms with Crippen molar-refractivity contribution in [2.75, 3.05) is 20.2 Å². The second-order valence-corrected chi connectivity index (χ2v) is 7.23. The lowest BCUT2D eigenvalue weighted by Gasteiger charge is -2.29. The Kier molecular flexibility index (Phi) is 4.35. The minimum Gasteiger partial charge on any atom is -0.481 e. The van der Waals surface area contributed by atoms with Gasteiger partial charge in [-0.25, -0.2) is 4.98 Å². The number of hydrogen-bond acceptors (Lipinski definition) is 6. The molecule has 0 radical (unpaired) electrons. The van der Waals surface area contributed by atoms with Gasteiger partial charge in [-0.2, -0.15) is 4.98 Å². The van der Waals surface area contributed by atoms with Gasteiger partial charge in [0, 0.05) is 24.4 Å². The number of rotatable bonds is 4. The van der Waals surface area contributed by atoms with Crippen LogP contribution in [0, 0.1) is 5.41 Å². The number of pyridine rings is 1. The van der Waals surface area contributed by atoms with Crippen molar-refractivity contribution in [2.24, 2.45) is 5.41 Å². The van der Waals surface area contributed by atoms with Crippen molar-refractivity contribution in [3.05, 3.63) is 24.2 Å². The number of ether oxygens (including phenoxy) is 1. The molecule has 23 heavy (non-hydrogen) atoms. The van der Waals surface area contributed by atoms with E-state index in [-0.39, 0.29) is 11.5 Å². The van der Waals surface area contributed by atoms with E-state index in [1.165, 1.54) is 6.42 Å². The molecule has 1 fully saturated rings. The highest BCUT2D eigenvalue weighted by atomic mass is 16.5. The van der Waals surface area contributed by atoms with Crippen molar-refractivity contribution < 1.29 is 9.26 Å². The summed E-state index contributed by atoms with van der Waals surface area (Å²) in [4.78, 5) is 11.2. The Hall–Kier alpha value is -1.95. The van der Waals surface area contributed by atoms with E-state index >= 15 is 0 Å². The monoisotopic (exact) mass is 316 g/mol. The molecule has 2 aromatic heterocycles. The maximum atomic E-state index is 5.54. The fraction of sp³-hybridized carbons (Fsp3) is 0.588. The largest absolute Gasteiger partial charge is 0.481 e. The van der Waals surface area contributed by atoms with Crippen LogP contribution in [0.1, 0.15) is 45.5 Å². The molecule has 1 atom stereocenters. The average molecular weight is 316 g/mol. The lowest BCUT2D eigenvalue weighted by Crippen LogP contribution is -2.32. The third kappa shape index (κ3) is 3.69. The van der Waals surface area contributed by atoms with E-state index in [9.17, 15) is 0 Å². The van der Waals surface area contributed by atoms with Gasteiger partial charge in [0.1, 0.15) is 0 Å². The molecule has 0 spiro atoms. The first-order chi connectivity index (χ1) is 11.0. The van der Waals surface area contributed by atoms with Crippen LogP contribution < -0.4 is 4.74 Å². The van der Waals surface area contributed by atoms with Gasteiger partial charge in [0.2, 0.25) is 17.6 Å². The predicted octanol–water partition coefficient (Wildman–Crippen LogP) is 3.32. The number of likely N-dealkylation sites (tertiary alicyclic amines) is 1. The van der Waals surface area contributed by atoms with Crippen LogP contribution in [0.15, 0.2) is 22.9 Å². The zero-order valence-electron chi connectivity index (χ0n) is 14.2. The van der Waals surface area contributed by atoms with Gasteiger partial charge in [-0.05, 0) is 30.9 Å². The Morgan fingerprint density at radius 2 is 2.17 bits per heavy atom. The molecule has 6 nitrogen and oxygen atoms in total. The van der Waals surface area contributed by atoms with Gasteiger partial charge in [-0.1, -0.05) is 25.9 Å². The van der Waals surface area contributed by atoms with Crippen molar-refractivity contribution in [3.8, 4) is 17.3 Å². The summed E-state index contributed by atoms with van der Waals surface area (Å²) in [7, 11) is 1.60. The minimum absolute atomic E-state index is 0.224. The molecule has 0 N–H and O–H groups in total. The predicted molar refractivity (Wildman–Crippen MR) is 87.1 cm³/mol. The van der Waals surface area contributed by atoms with E-state index in [0.29, 0.717) is 17.6 Å². The Morgan fingerprint density at radius 1 is 1.35 bits per heavy atom. The molecular formula is C17H24N4O2. The summed E-state index contributed by atoms with van der Waals surface area (Å²) >= 11 is 0. The smallest absolute Gasteiger partial charge is 0.244 e. The Balaban J connectivity index is 1.77. The number of nitrogens with zero attached hydrogens (tertiary/aromatic N) is 4. The maximum absolute atomic E-state index is 5.54. The second kappa shape index (κ2) is 6.28. The van der Waals surface area contributed by atoms with Crippen LogP contribution in [0.25, 0.3) is 11.4 Å². The molecule has 1 unspecified atom stereocenters. The molecule has 3 heterocycles. The average Bonchev–Trinajstić information content (AvgIpc) is 3.14. The zero-order chi connectivity index (χ0) is 16.4. The molecule has 124 valence electrons. The van der Waals surface area contributed by atoms with Crippen molar-refractivity contribution in [1.82, 2.24) is 20.0 Å². The van der Waals surface area contributed by atoms with Gasteiger partial charge >= 0.3 is 0 Å². The highest BCUT2D eigenvalue weighted by molar-refractivity contribution is 5.53. The molecule has 0 aliphatic carbocycles. The molecule has 2 aromatic rings. The molecule has 3 rings (SSSR count). The van der Waals surface area contributed by atoms with E-state index in [4.69, 9.17) is 9.26 Å². The van der Waals surface area contributed by atoms with Crippen molar-refractivity contribution in [1.29, 1.82) is 0 Å². The molecule has 1 aliphatic heterocycles. The SMILES string of the molecule is COc1ccc(-c2noc(C3CCCN3CC(C)(C)C)n2)cn1. The van der Waals surface area contributed by atoms with Crippen LogP contribution in [-0.4, -0.2) is 40.2 Å². The fourth-order valence-corrected chi connectivity index (χ4v) is 3.03. The third-order valence-corrected chi connectivity index (χ3v) is 3.97. The molecule has 6 heteroatoms. The number of hydrogen-bond donors (Lipinski definition) is 0. The molecule has 0 saturated carbocycles. The van der Waals surface area contributed by atoms with E-state index < -0.39 is 0 Å². The summed E-state index contributed by atoms with van der Waals surface area (Å²) in [5.41, 5.74) is 1.09. The molecule has 0 bridgehead atoms. The zero-order valence-corrected chi connectivity index (χ0v) is 14.2. The lowest BCUT2D eigenvalue weighted by atomic mass is 9.96. The fourth-order valence-electron chi connectivity index (χ4n) is 3.03. The van der Waals surface area contributed by atoms with Gasteiger partial charge in [-0.15, -0.1) is 0 Å². The number of aromatic nitrogens is 3. The maximum Gasteiger partial charge on any atom is 0.244 e. The first kappa shape index (κ1) is 15.9. The Labute approximate surface area is 136 Å². The molecule has 0 amide bonds. The van der Waals surface area contributed by atoms with Crippen LogP contribution in [0.4, 0.5) is 0 Å². The van der Waals surface area contributed by atoms with Crippen LogP contribution in [0.5, 0.6) is 5.88 Å². The summed E-state index contributed by atoms with van der Waals surface area (Å²) in [6.45, 7) is 8.88. The Bertz CT molecular complexity index is 645. The van der Waals surface area contributed by atoms with Crippen LogP contribution in [0.2, 0.25) is 0 Å². The number of methoxy groups -OCH3 is 1. The van der Waals surface area contributed by atoms with Gasteiger partial charge < -0.3 is 9.26 Å². The Morgan fingerprint density at radius 3 is 2.83 bits per heavy atom. The van der Waals surface area contributed by atoms with Crippen molar-refractivity contribution >= 4 is 0 Å². The minimum atomic E-state index is 0.224. The summed E-state index contributed by atoms with van der Waals surface area (Å²) in [6.07, 6.45) is 3.94. The summed E-state index contributed by atoms with van der Waals surface area (Å²) in [6, 6.07) is 3.91. The van der Waals surface area contributed by atoms with Crippen molar-refractivity contribution in [2.45, 2.75) is 39.7 Å².